The normalized spacial score (nSPS) is 12.9. The molecule has 92 valence electrons. The maximum atomic E-state index is 3.65. The van der Waals surface area contributed by atoms with Gasteiger partial charge in [0.2, 0.25) is 0 Å². The first kappa shape index (κ1) is 13.7. The average Bonchev–Trinajstić information content (AvgIpc) is 2.82. The van der Waals surface area contributed by atoms with E-state index in [-0.39, 0.29) is 6.04 Å². The molecule has 1 N–H and O–H groups in total. The molecule has 0 bridgehead atoms. The van der Waals surface area contributed by atoms with Gasteiger partial charge in [-0.05, 0) is 78.8 Å². The van der Waals surface area contributed by atoms with Gasteiger partial charge in [-0.3, -0.25) is 0 Å². The van der Waals surface area contributed by atoms with Crippen LogP contribution in [0.4, 0.5) is 0 Å². The second kappa shape index (κ2) is 5.97. The van der Waals surface area contributed by atoms with Gasteiger partial charge in [-0.2, -0.15) is 11.3 Å². The molecule has 0 aliphatic rings. The van der Waals surface area contributed by atoms with E-state index in [1.165, 1.54) is 20.5 Å². The number of nitrogens with one attached hydrogen (secondary N) is 1. The minimum absolute atomic E-state index is 0.281. The number of rotatable bonds is 4. The molecular weight excluding hydrogens is 382 g/mol. The molecule has 2 aromatic heterocycles. The highest BCUT2D eigenvalue weighted by molar-refractivity contribution is 9.12. The Labute approximate surface area is 127 Å². The first-order valence-electron chi connectivity index (χ1n) is 5.34. The zero-order valence-corrected chi connectivity index (χ0v) is 14.4. The molecular formula is C12H13Br2NS2. The molecule has 17 heavy (non-hydrogen) atoms. The molecule has 2 heterocycles. The molecule has 1 unspecified atom stereocenters. The SMILES string of the molecule is CCNC(c1cscc1C)c1cc(Br)sc1Br. The highest BCUT2D eigenvalue weighted by Gasteiger charge is 2.20. The summed E-state index contributed by atoms with van der Waals surface area (Å²) in [5.41, 5.74) is 4.04. The third-order valence-electron chi connectivity index (χ3n) is 2.61. The smallest absolute Gasteiger partial charge is 0.0761 e. The molecule has 0 amide bonds. The summed E-state index contributed by atoms with van der Waals surface area (Å²) in [5.74, 6) is 0. The van der Waals surface area contributed by atoms with E-state index in [4.69, 9.17) is 0 Å². The molecule has 0 saturated carbocycles. The van der Waals surface area contributed by atoms with Crippen molar-refractivity contribution in [2.45, 2.75) is 19.9 Å². The second-order valence-electron chi connectivity index (χ2n) is 3.78. The summed E-state index contributed by atoms with van der Waals surface area (Å²) in [6.07, 6.45) is 0. The zero-order valence-electron chi connectivity index (χ0n) is 9.59. The van der Waals surface area contributed by atoms with E-state index in [1.54, 1.807) is 22.7 Å². The minimum atomic E-state index is 0.281. The second-order valence-corrected chi connectivity index (χ2v) is 8.27. The Morgan fingerprint density at radius 1 is 1.29 bits per heavy atom. The molecule has 0 spiro atoms. The molecule has 1 atom stereocenters. The molecule has 0 aromatic carbocycles. The first-order valence-corrected chi connectivity index (χ1v) is 8.68. The molecule has 5 heteroatoms. The van der Waals surface area contributed by atoms with Gasteiger partial charge in [-0.1, -0.05) is 6.92 Å². The minimum Gasteiger partial charge on any atom is -0.306 e. The lowest BCUT2D eigenvalue weighted by Crippen LogP contribution is -2.22. The Morgan fingerprint density at radius 3 is 2.53 bits per heavy atom. The van der Waals surface area contributed by atoms with Crippen LogP contribution >= 0.6 is 54.5 Å². The summed E-state index contributed by atoms with van der Waals surface area (Å²) in [4.78, 5) is 0. The van der Waals surface area contributed by atoms with Crippen LogP contribution in [-0.2, 0) is 0 Å². The highest BCUT2D eigenvalue weighted by Crippen LogP contribution is 2.39. The Kier molecular flexibility index (Phi) is 4.83. The number of aryl methyl sites for hydroxylation is 1. The molecule has 0 aliphatic heterocycles. The fourth-order valence-electron chi connectivity index (χ4n) is 1.81. The van der Waals surface area contributed by atoms with Crippen molar-refractivity contribution in [3.63, 3.8) is 0 Å². The number of hydrogen-bond donors (Lipinski definition) is 1. The van der Waals surface area contributed by atoms with Crippen LogP contribution in [0.5, 0.6) is 0 Å². The topological polar surface area (TPSA) is 12.0 Å². The van der Waals surface area contributed by atoms with Crippen LogP contribution in [0.15, 0.2) is 24.4 Å². The Balaban J connectivity index is 2.42. The van der Waals surface area contributed by atoms with Crippen molar-refractivity contribution in [3.8, 4) is 0 Å². The summed E-state index contributed by atoms with van der Waals surface area (Å²) in [5, 5.41) is 8.00. The molecule has 0 saturated heterocycles. The van der Waals surface area contributed by atoms with Crippen molar-refractivity contribution in [3.05, 3.63) is 41.1 Å². The van der Waals surface area contributed by atoms with Crippen LogP contribution in [0.2, 0.25) is 0 Å². The van der Waals surface area contributed by atoms with E-state index in [1.807, 2.05) is 0 Å². The molecule has 2 aromatic rings. The van der Waals surface area contributed by atoms with Gasteiger partial charge in [-0.25, -0.2) is 0 Å². The summed E-state index contributed by atoms with van der Waals surface area (Å²) in [6.45, 7) is 5.27. The van der Waals surface area contributed by atoms with Crippen LogP contribution in [-0.4, -0.2) is 6.54 Å². The lowest BCUT2D eigenvalue weighted by Gasteiger charge is -2.17. The monoisotopic (exact) mass is 393 g/mol. The van der Waals surface area contributed by atoms with Crippen molar-refractivity contribution in [1.82, 2.24) is 5.32 Å². The highest BCUT2D eigenvalue weighted by atomic mass is 79.9. The van der Waals surface area contributed by atoms with E-state index in [0.717, 1.165) is 10.3 Å². The lowest BCUT2D eigenvalue weighted by molar-refractivity contribution is 0.629. The van der Waals surface area contributed by atoms with Crippen LogP contribution in [0.1, 0.15) is 29.7 Å². The van der Waals surface area contributed by atoms with E-state index in [2.05, 4.69) is 67.9 Å². The summed E-state index contributed by atoms with van der Waals surface area (Å²) >= 11 is 10.7. The molecule has 0 radical (unpaired) electrons. The molecule has 1 nitrogen and oxygen atoms in total. The summed E-state index contributed by atoms with van der Waals surface area (Å²) in [7, 11) is 0. The van der Waals surface area contributed by atoms with Crippen molar-refractivity contribution in [2.24, 2.45) is 0 Å². The quantitative estimate of drug-likeness (QED) is 0.737. The first-order chi connectivity index (χ1) is 8.13. The van der Waals surface area contributed by atoms with Gasteiger partial charge in [0.15, 0.2) is 0 Å². The Morgan fingerprint density at radius 2 is 2.06 bits per heavy atom. The fraction of sp³-hybridized carbons (Fsp3) is 0.333. The van der Waals surface area contributed by atoms with Gasteiger partial charge in [0.05, 0.1) is 13.6 Å². The van der Waals surface area contributed by atoms with Gasteiger partial charge >= 0.3 is 0 Å². The predicted octanol–water partition coefficient (Wildman–Crippen LogP) is 5.34. The standard InChI is InChI=1S/C12H13Br2NS2/c1-3-15-11(9-6-16-5-7(9)2)8-4-10(13)17-12(8)14/h4-6,11,15H,3H2,1-2H3. The van der Waals surface area contributed by atoms with Crippen LogP contribution in [0.25, 0.3) is 0 Å². The van der Waals surface area contributed by atoms with E-state index >= 15 is 0 Å². The van der Waals surface area contributed by atoms with E-state index < -0.39 is 0 Å². The van der Waals surface area contributed by atoms with E-state index in [0.29, 0.717) is 0 Å². The molecule has 2 rings (SSSR count). The van der Waals surface area contributed by atoms with Crippen molar-refractivity contribution in [1.29, 1.82) is 0 Å². The predicted molar refractivity (Wildman–Crippen MR) is 84.3 cm³/mol. The van der Waals surface area contributed by atoms with Crippen molar-refractivity contribution in [2.75, 3.05) is 6.54 Å². The largest absolute Gasteiger partial charge is 0.306 e. The average molecular weight is 395 g/mol. The van der Waals surface area contributed by atoms with Crippen LogP contribution in [0.3, 0.4) is 0 Å². The van der Waals surface area contributed by atoms with E-state index in [9.17, 15) is 0 Å². The fourth-order valence-corrected chi connectivity index (χ4v) is 5.59. The maximum Gasteiger partial charge on any atom is 0.0761 e. The van der Waals surface area contributed by atoms with Crippen LogP contribution < -0.4 is 5.32 Å². The number of hydrogen-bond acceptors (Lipinski definition) is 3. The summed E-state index contributed by atoms with van der Waals surface area (Å²) in [6, 6.07) is 2.47. The third-order valence-corrected chi connectivity index (χ3v) is 5.87. The Bertz CT molecular complexity index is 504. The van der Waals surface area contributed by atoms with Crippen molar-refractivity contribution >= 4 is 54.5 Å². The van der Waals surface area contributed by atoms with Gasteiger partial charge in [0.1, 0.15) is 0 Å². The molecule has 0 aliphatic carbocycles. The molecule has 0 fully saturated rings. The van der Waals surface area contributed by atoms with Gasteiger partial charge in [-0.15, -0.1) is 11.3 Å². The number of halogens is 2. The third kappa shape index (κ3) is 3.01. The van der Waals surface area contributed by atoms with Crippen LogP contribution in [0, 0.1) is 6.92 Å². The van der Waals surface area contributed by atoms with Gasteiger partial charge in [0, 0.05) is 0 Å². The van der Waals surface area contributed by atoms with Gasteiger partial charge < -0.3 is 5.32 Å². The number of thiophene rings is 2. The lowest BCUT2D eigenvalue weighted by atomic mass is 10.0. The zero-order chi connectivity index (χ0) is 12.4. The maximum absolute atomic E-state index is 3.65. The Hall–Kier alpha value is 0.320. The summed E-state index contributed by atoms with van der Waals surface area (Å²) < 4.78 is 2.36. The van der Waals surface area contributed by atoms with Crippen molar-refractivity contribution < 1.29 is 0 Å². The van der Waals surface area contributed by atoms with Gasteiger partial charge in [0.25, 0.3) is 0 Å².